The second kappa shape index (κ2) is 6.40. The van der Waals surface area contributed by atoms with Crippen molar-refractivity contribution in [2.45, 2.75) is 11.0 Å². The highest BCUT2D eigenvalue weighted by Gasteiger charge is 2.13. The van der Waals surface area contributed by atoms with E-state index < -0.39 is 4.92 Å². The Morgan fingerprint density at radius 1 is 1.12 bits per heavy atom. The molecule has 0 bridgehead atoms. The highest BCUT2D eigenvalue weighted by atomic mass is 32.2. The predicted octanol–water partition coefficient (Wildman–Crippen LogP) is 4.42. The first-order valence-corrected chi connectivity index (χ1v) is 8.45. The third-order valence-corrected chi connectivity index (χ3v) is 4.63. The van der Waals surface area contributed by atoms with Crippen molar-refractivity contribution in [3.63, 3.8) is 0 Å². The number of nitro benzene ring substituents is 1. The highest BCUT2D eigenvalue weighted by molar-refractivity contribution is 7.98. The number of fused-ring (bicyclic) bond motifs is 1. The molecular weight excluding hydrogens is 340 g/mol. The third-order valence-electron chi connectivity index (χ3n) is 3.74. The maximum Gasteiger partial charge on any atom is 0.277 e. The number of benzene rings is 2. The molecule has 0 saturated heterocycles. The van der Waals surface area contributed by atoms with E-state index in [0.717, 1.165) is 22.0 Å². The van der Waals surface area contributed by atoms with Crippen molar-refractivity contribution in [3.8, 4) is 11.5 Å². The van der Waals surface area contributed by atoms with Gasteiger partial charge in [0.1, 0.15) is 0 Å². The number of H-pyrrole nitrogens is 1. The van der Waals surface area contributed by atoms with E-state index in [4.69, 9.17) is 4.42 Å². The van der Waals surface area contributed by atoms with Crippen LogP contribution in [0.25, 0.3) is 22.4 Å². The van der Waals surface area contributed by atoms with Crippen LogP contribution in [0, 0.1) is 10.1 Å². The Hall–Kier alpha value is -3.13. The van der Waals surface area contributed by atoms with Gasteiger partial charge >= 0.3 is 0 Å². The van der Waals surface area contributed by atoms with Gasteiger partial charge in [0.2, 0.25) is 0 Å². The Bertz CT molecular complexity index is 1040. The van der Waals surface area contributed by atoms with Crippen LogP contribution in [0.3, 0.4) is 0 Å². The van der Waals surface area contributed by atoms with Crippen LogP contribution in [0.5, 0.6) is 0 Å². The maximum absolute atomic E-state index is 10.7. The smallest absolute Gasteiger partial charge is 0.277 e. The van der Waals surface area contributed by atoms with Crippen molar-refractivity contribution in [3.05, 3.63) is 70.4 Å². The Labute approximate surface area is 146 Å². The largest absolute Gasteiger partial charge is 0.411 e. The summed E-state index contributed by atoms with van der Waals surface area (Å²) in [5.74, 6) is 1.05. The molecular formula is C17H12N4O3S. The molecule has 0 aliphatic rings. The lowest BCUT2D eigenvalue weighted by Crippen LogP contribution is -1.88. The SMILES string of the molecule is O=[N+]([O-])c1ccc(CSc2nnc(-c3c[nH]c4ccccc34)o2)cc1. The van der Waals surface area contributed by atoms with E-state index in [-0.39, 0.29) is 5.69 Å². The van der Waals surface area contributed by atoms with Crippen molar-refractivity contribution in [1.29, 1.82) is 0 Å². The number of aromatic amines is 1. The average molecular weight is 352 g/mol. The van der Waals surface area contributed by atoms with Gasteiger partial charge in [-0.3, -0.25) is 10.1 Å². The number of nitro groups is 1. The monoisotopic (exact) mass is 352 g/mol. The molecule has 2 aromatic heterocycles. The van der Waals surface area contributed by atoms with E-state index in [0.29, 0.717) is 16.9 Å². The van der Waals surface area contributed by atoms with Gasteiger partial charge in [-0.2, -0.15) is 0 Å². The summed E-state index contributed by atoms with van der Waals surface area (Å²) >= 11 is 1.39. The van der Waals surface area contributed by atoms with Gasteiger partial charge in [-0.1, -0.05) is 42.1 Å². The van der Waals surface area contributed by atoms with Crippen LogP contribution in [-0.2, 0) is 5.75 Å². The van der Waals surface area contributed by atoms with E-state index in [1.807, 2.05) is 30.5 Å². The quantitative estimate of drug-likeness (QED) is 0.324. The first kappa shape index (κ1) is 15.4. The number of hydrogen-bond donors (Lipinski definition) is 1. The zero-order valence-corrected chi connectivity index (χ0v) is 13.7. The van der Waals surface area contributed by atoms with Crippen molar-refractivity contribution >= 4 is 28.4 Å². The van der Waals surface area contributed by atoms with Gasteiger partial charge in [0, 0.05) is 35.0 Å². The molecule has 0 fully saturated rings. The molecule has 0 spiro atoms. The standard InChI is InChI=1S/C17H12N4O3S/c22-21(23)12-7-5-11(6-8-12)10-25-17-20-19-16(24-17)14-9-18-15-4-2-1-3-13(14)15/h1-9,18H,10H2. The first-order valence-electron chi connectivity index (χ1n) is 7.47. The van der Waals surface area contributed by atoms with E-state index in [9.17, 15) is 10.1 Å². The molecule has 4 aromatic rings. The van der Waals surface area contributed by atoms with E-state index >= 15 is 0 Å². The molecule has 0 atom stereocenters. The van der Waals surface area contributed by atoms with Crippen molar-refractivity contribution in [2.75, 3.05) is 0 Å². The van der Waals surface area contributed by atoms with Crippen LogP contribution >= 0.6 is 11.8 Å². The Balaban J connectivity index is 1.49. The normalized spacial score (nSPS) is 11.0. The zero-order chi connectivity index (χ0) is 17.2. The average Bonchev–Trinajstić information content (AvgIpc) is 3.27. The van der Waals surface area contributed by atoms with Crippen molar-refractivity contribution in [1.82, 2.24) is 15.2 Å². The fourth-order valence-electron chi connectivity index (χ4n) is 2.48. The van der Waals surface area contributed by atoms with Gasteiger partial charge in [0.15, 0.2) is 0 Å². The molecule has 0 amide bonds. The number of nitrogens with zero attached hydrogens (tertiary/aromatic N) is 3. The maximum atomic E-state index is 10.7. The van der Waals surface area contributed by atoms with E-state index in [1.54, 1.807) is 12.1 Å². The van der Waals surface area contributed by atoms with Gasteiger partial charge in [-0.25, -0.2) is 0 Å². The second-order valence-electron chi connectivity index (χ2n) is 5.33. The summed E-state index contributed by atoms with van der Waals surface area (Å²) in [6.07, 6.45) is 1.85. The first-order chi connectivity index (χ1) is 12.2. The lowest BCUT2D eigenvalue weighted by Gasteiger charge is -1.98. The van der Waals surface area contributed by atoms with E-state index in [1.165, 1.54) is 23.9 Å². The summed E-state index contributed by atoms with van der Waals surface area (Å²) in [6.45, 7) is 0. The summed E-state index contributed by atoms with van der Waals surface area (Å²) in [6, 6.07) is 14.3. The fourth-order valence-corrected chi connectivity index (χ4v) is 3.20. The van der Waals surface area contributed by atoms with E-state index in [2.05, 4.69) is 15.2 Å². The van der Waals surface area contributed by atoms with Crippen molar-refractivity contribution < 1.29 is 9.34 Å². The summed E-state index contributed by atoms with van der Waals surface area (Å²) in [5, 5.41) is 20.3. The summed E-state index contributed by atoms with van der Waals surface area (Å²) < 4.78 is 5.73. The summed E-state index contributed by atoms with van der Waals surface area (Å²) in [5.41, 5.74) is 2.90. The number of thioether (sulfide) groups is 1. The molecule has 2 heterocycles. The molecule has 0 radical (unpaired) electrons. The Kier molecular flexibility index (Phi) is 3.95. The molecule has 8 heteroatoms. The van der Waals surface area contributed by atoms with Crippen LogP contribution < -0.4 is 0 Å². The minimum Gasteiger partial charge on any atom is -0.411 e. The molecule has 2 aromatic carbocycles. The lowest BCUT2D eigenvalue weighted by atomic mass is 10.2. The van der Waals surface area contributed by atoms with Crippen LogP contribution in [0.2, 0.25) is 0 Å². The summed E-state index contributed by atoms with van der Waals surface area (Å²) in [7, 11) is 0. The third kappa shape index (κ3) is 3.11. The minimum absolute atomic E-state index is 0.0770. The predicted molar refractivity (Wildman–Crippen MR) is 94.2 cm³/mol. The number of hydrogen-bond acceptors (Lipinski definition) is 6. The van der Waals surface area contributed by atoms with Crippen LogP contribution in [-0.4, -0.2) is 20.1 Å². The molecule has 0 unspecified atom stereocenters. The van der Waals surface area contributed by atoms with Crippen LogP contribution in [0.1, 0.15) is 5.56 Å². The number of aromatic nitrogens is 3. The number of para-hydroxylation sites is 1. The molecule has 7 nitrogen and oxygen atoms in total. The second-order valence-corrected chi connectivity index (χ2v) is 6.26. The molecule has 0 aliphatic carbocycles. The molecule has 25 heavy (non-hydrogen) atoms. The zero-order valence-electron chi connectivity index (χ0n) is 12.9. The number of rotatable bonds is 5. The molecule has 0 saturated carbocycles. The minimum atomic E-state index is -0.414. The van der Waals surface area contributed by atoms with Gasteiger partial charge in [0.05, 0.1) is 10.5 Å². The Morgan fingerprint density at radius 2 is 1.92 bits per heavy atom. The van der Waals surface area contributed by atoms with Gasteiger partial charge in [0.25, 0.3) is 16.8 Å². The number of nitrogens with one attached hydrogen (secondary N) is 1. The topological polar surface area (TPSA) is 97.9 Å². The van der Waals surface area contributed by atoms with Crippen LogP contribution in [0.4, 0.5) is 5.69 Å². The Morgan fingerprint density at radius 3 is 2.72 bits per heavy atom. The van der Waals surface area contributed by atoms with Gasteiger partial charge in [-0.15, -0.1) is 10.2 Å². The van der Waals surface area contributed by atoms with Crippen LogP contribution in [0.15, 0.2) is 64.4 Å². The molecule has 124 valence electrons. The molecule has 1 N–H and O–H groups in total. The van der Waals surface area contributed by atoms with Gasteiger partial charge in [-0.05, 0) is 11.6 Å². The highest BCUT2D eigenvalue weighted by Crippen LogP contribution is 2.30. The lowest BCUT2D eigenvalue weighted by molar-refractivity contribution is -0.384. The number of non-ortho nitro benzene ring substituents is 1. The summed E-state index contributed by atoms with van der Waals surface area (Å²) in [4.78, 5) is 13.4. The fraction of sp³-hybridized carbons (Fsp3) is 0.0588. The van der Waals surface area contributed by atoms with Crippen molar-refractivity contribution in [2.24, 2.45) is 0 Å². The van der Waals surface area contributed by atoms with Gasteiger partial charge < -0.3 is 9.40 Å². The molecule has 0 aliphatic heterocycles. The molecule has 4 rings (SSSR count).